The third-order valence-corrected chi connectivity index (χ3v) is 3.39. The average Bonchev–Trinajstić information content (AvgIpc) is 2.50. The van der Waals surface area contributed by atoms with Crippen LogP contribution in [0.5, 0.6) is 0 Å². The third-order valence-electron chi connectivity index (χ3n) is 3.39. The molecule has 0 aliphatic carbocycles. The van der Waals surface area contributed by atoms with Crippen LogP contribution in [-0.2, 0) is 0 Å². The van der Waals surface area contributed by atoms with Gasteiger partial charge in [0.15, 0.2) is 17.5 Å². The molecule has 0 fully saturated rings. The lowest BCUT2D eigenvalue weighted by atomic mass is 10.0. The highest BCUT2D eigenvalue weighted by molar-refractivity contribution is 5.24. The summed E-state index contributed by atoms with van der Waals surface area (Å²) in [6.45, 7) is 2.07. The van der Waals surface area contributed by atoms with Crippen LogP contribution in [0.1, 0.15) is 30.1 Å². The van der Waals surface area contributed by atoms with E-state index in [0.29, 0.717) is 0 Å². The Morgan fingerprint density at radius 2 is 1.57 bits per heavy atom. The molecule has 0 spiro atoms. The second-order valence-corrected chi connectivity index (χ2v) is 4.89. The molecule has 2 nitrogen and oxygen atoms in total. The number of nitrogens with one attached hydrogen (secondary N) is 1. The standard InChI is InChI=1S/C16H17F3N2/c1-10(11-5-3-2-4-6-11)21-15(9-20)12-7-13(17)16(19)14(18)8-12/h2-8,10,15,21H,9,20H2,1H3. The average molecular weight is 294 g/mol. The van der Waals surface area contributed by atoms with Crippen molar-refractivity contribution in [1.29, 1.82) is 0 Å². The molecule has 0 saturated heterocycles. The van der Waals surface area contributed by atoms with Crippen molar-refractivity contribution in [3.05, 3.63) is 71.0 Å². The first-order valence-electron chi connectivity index (χ1n) is 6.68. The maximum absolute atomic E-state index is 13.3. The molecular formula is C16H17F3N2. The van der Waals surface area contributed by atoms with Crippen molar-refractivity contribution in [2.75, 3.05) is 6.54 Å². The summed E-state index contributed by atoms with van der Waals surface area (Å²) in [4.78, 5) is 0. The van der Waals surface area contributed by atoms with E-state index in [1.165, 1.54) is 0 Å². The zero-order valence-electron chi connectivity index (χ0n) is 11.6. The van der Waals surface area contributed by atoms with Gasteiger partial charge in [-0.05, 0) is 30.2 Å². The van der Waals surface area contributed by atoms with Crippen molar-refractivity contribution in [3.63, 3.8) is 0 Å². The summed E-state index contributed by atoms with van der Waals surface area (Å²) in [7, 11) is 0. The Hall–Kier alpha value is -1.85. The highest BCUT2D eigenvalue weighted by Crippen LogP contribution is 2.22. The molecule has 21 heavy (non-hydrogen) atoms. The van der Waals surface area contributed by atoms with Gasteiger partial charge < -0.3 is 11.1 Å². The van der Waals surface area contributed by atoms with Gasteiger partial charge in [-0.15, -0.1) is 0 Å². The highest BCUT2D eigenvalue weighted by Gasteiger charge is 2.18. The molecule has 2 unspecified atom stereocenters. The third kappa shape index (κ3) is 3.62. The van der Waals surface area contributed by atoms with Crippen LogP contribution in [0, 0.1) is 17.5 Å². The monoisotopic (exact) mass is 294 g/mol. The van der Waals surface area contributed by atoms with Crippen LogP contribution in [0.3, 0.4) is 0 Å². The molecule has 0 aliphatic rings. The van der Waals surface area contributed by atoms with Gasteiger partial charge in [0, 0.05) is 18.6 Å². The van der Waals surface area contributed by atoms with Gasteiger partial charge in [-0.2, -0.15) is 0 Å². The fraction of sp³-hybridized carbons (Fsp3) is 0.250. The minimum atomic E-state index is -1.47. The topological polar surface area (TPSA) is 38.0 Å². The Bertz CT molecular complexity index is 579. The van der Waals surface area contributed by atoms with E-state index in [1.54, 1.807) is 0 Å². The molecule has 112 valence electrons. The van der Waals surface area contributed by atoms with E-state index in [1.807, 2.05) is 37.3 Å². The lowest BCUT2D eigenvalue weighted by molar-refractivity contribution is 0.432. The van der Waals surface area contributed by atoms with E-state index in [2.05, 4.69) is 5.32 Å². The number of nitrogens with two attached hydrogens (primary N) is 1. The zero-order chi connectivity index (χ0) is 15.4. The van der Waals surface area contributed by atoms with Crippen LogP contribution in [0.25, 0.3) is 0 Å². The molecule has 2 atom stereocenters. The van der Waals surface area contributed by atoms with Crippen molar-refractivity contribution in [2.24, 2.45) is 5.73 Å². The summed E-state index contributed by atoms with van der Waals surface area (Å²) in [5, 5.41) is 3.19. The van der Waals surface area contributed by atoms with Crippen molar-refractivity contribution in [2.45, 2.75) is 19.0 Å². The molecule has 3 N–H and O–H groups in total. The Morgan fingerprint density at radius 1 is 1.00 bits per heavy atom. The Labute approximate surface area is 121 Å². The van der Waals surface area contributed by atoms with E-state index in [-0.39, 0.29) is 18.2 Å². The van der Waals surface area contributed by atoms with Crippen LogP contribution < -0.4 is 11.1 Å². The van der Waals surface area contributed by atoms with Crippen LogP contribution in [0.4, 0.5) is 13.2 Å². The van der Waals surface area contributed by atoms with Gasteiger partial charge in [0.25, 0.3) is 0 Å². The molecule has 0 saturated carbocycles. The van der Waals surface area contributed by atoms with Crippen LogP contribution in [-0.4, -0.2) is 6.54 Å². The molecule has 2 aromatic rings. The van der Waals surface area contributed by atoms with Crippen molar-refractivity contribution in [3.8, 4) is 0 Å². The number of rotatable bonds is 5. The van der Waals surface area contributed by atoms with E-state index >= 15 is 0 Å². The van der Waals surface area contributed by atoms with Crippen molar-refractivity contribution < 1.29 is 13.2 Å². The second-order valence-electron chi connectivity index (χ2n) is 4.89. The van der Waals surface area contributed by atoms with Gasteiger partial charge in [-0.1, -0.05) is 30.3 Å². The van der Waals surface area contributed by atoms with Crippen LogP contribution >= 0.6 is 0 Å². The predicted octanol–water partition coefficient (Wildman–Crippen LogP) is 3.45. The second kappa shape index (κ2) is 6.74. The van der Waals surface area contributed by atoms with E-state index in [0.717, 1.165) is 17.7 Å². The number of halogens is 3. The summed E-state index contributed by atoms with van der Waals surface area (Å²) in [6.07, 6.45) is 0. The fourth-order valence-electron chi connectivity index (χ4n) is 2.22. The first kappa shape index (κ1) is 15.5. The number of hydrogen-bond acceptors (Lipinski definition) is 2. The molecule has 2 aromatic carbocycles. The molecule has 5 heteroatoms. The molecule has 0 bridgehead atoms. The number of hydrogen-bond donors (Lipinski definition) is 2. The molecular weight excluding hydrogens is 277 g/mol. The van der Waals surface area contributed by atoms with Crippen LogP contribution in [0.15, 0.2) is 42.5 Å². The smallest absolute Gasteiger partial charge is 0.194 e. The summed E-state index contributed by atoms with van der Waals surface area (Å²) in [5.41, 5.74) is 6.98. The van der Waals surface area contributed by atoms with Gasteiger partial charge in [0.1, 0.15) is 0 Å². The lowest BCUT2D eigenvalue weighted by Gasteiger charge is -2.23. The largest absolute Gasteiger partial charge is 0.329 e. The first-order valence-corrected chi connectivity index (χ1v) is 6.68. The Morgan fingerprint density at radius 3 is 2.10 bits per heavy atom. The van der Waals surface area contributed by atoms with E-state index in [4.69, 9.17) is 5.73 Å². The normalized spacial score (nSPS) is 14.0. The van der Waals surface area contributed by atoms with E-state index < -0.39 is 23.5 Å². The van der Waals surface area contributed by atoms with Crippen molar-refractivity contribution in [1.82, 2.24) is 5.32 Å². The maximum Gasteiger partial charge on any atom is 0.194 e. The van der Waals surface area contributed by atoms with Crippen LogP contribution in [0.2, 0.25) is 0 Å². The summed E-state index contributed by atoms with van der Waals surface area (Å²) >= 11 is 0. The molecule has 0 radical (unpaired) electrons. The minimum absolute atomic E-state index is 0.0593. The van der Waals surface area contributed by atoms with E-state index in [9.17, 15) is 13.2 Å². The minimum Gasteiger partial charge on any atom is -0.329 e. The molecule has 0 aliphatic heterocycles. The quantitative estimate of drug-likeness (QED) is 0.829. The van der Waals surface area contributed by atoms with Gasteiger partial charge >= 0.3 is 0 Å². The Balaban J connectivity index is 2.20. The molecule has 2 rings (SSSR count). The summed E-state index contributed by atoms with van der Waals surface area (Å²) < 4.78 is 39.6. The summed E-state index contributed by atoms with van der Waals surface area (Å²) in [6, 6.07) is 11.0. The lowest BCUT2D eigenvalue weighted by Crippen LogP contribution is -2.30. The number of benzene rings is 2. The summed E-state index contributed by atoms with van der Waals surface area (Å²) in [5.74, 6) is -3.89. The van der Waals surface area contributed by atoms with Gasteiger partial charge in [0.2, 0.25) is 0 Å². The molecule has 0 heterocycles. The first-order chi connectivity index (χ1) is 10.0. The highest BCUT2D eigenvalue weighted by atomic mass is 19.2. The molecule has 0 amide bonds. The van der Waals surface area contributed by atoms with Gasteiger partial charge in [-0.3, -0.25) is 0 Å². The SMILES string of the molecule is CC(NC(CN)c1cc(F)c(F)c(F)c1)c1ccccc1. The Kier molecular flexibility index (Phi) is 4.98. The van der Waals surface area contributed by atoms with Crippen molar-refractivity contribution >= 4 is 0 Å². The van der Waals surface area contributed by atoms with Gasteiger partial charge in [-0.25, -0.2) is 13.2 Å². The fourth-order valence-corrected chi connectivity index (χ4v) is 2.22. The molecule has 0 aromatic heterocycles. The van der Waals surface area contributed by atoms with Gasteiger partial charge in [0.05, 0.1) is 0 Å². The predicted molar refractivity (Wildman–Crippen MR) is 76.1 cm³/mol. The maximum atomic E-state index is 13.3. The zero-order valence-corrected chi connectivity index (χ0v) is 11.6.